The molecule has 0 unspecified atom stereocenters. The molecule has 0 aliphatic carbocycles. The molecule has 43 heavy (non-hydrogen) atoms. The van der Waals surface area contributed by atoms with E-state index in [1.165, 1.54) is 22.9 Å². The third-order valence-corrected chi connectivity index (χ3v) is 7.15. The molecule has 1 aliphatic heterocycles. The van der Waals surface area contributed by atoms with E-state index in [1.807, 2.05) is 11.8 Å². The Morgan fingerprint density at radius 3 is 2.51 bits per heavy atom. The standard InChI is InChI=1S/C29H23ClF4N6O2.ClH/c1-2-23-27(39-15-19(30)4-10-26(39)36-23)28(41)35-12-17-3-9-25(22(31)11-17)40-14-18-13-38(16-24(18)37-40)20-5-7-21(8-6-20)42-29(32,33)34;/h3-11,14-15H,2,12-13,16H2,1H3,(H,35,41);1H. The summed E-state index contributed by atoms with van der Waals surface area (Å²) in [7, 11) is 0. The van der Waals surface area contributed by atoms with Gasteiger partial charge in [0, 0.05) is 36.7 Å². The molecule has 4 heterocycles. The first-order valence-electron chi connectivity index (χ1n) is 13.0. The average molecular weight is 635 g/mol. The summed E-state index contributed by atoms with van der Waals surface area (Å²) in [6.07, 6.45) is -0.824. The molecule has 0 saturated heterocycles. The molecule has 0 saturated carbocycles. The summed E-state index contributed by atoms with van der Waals surface area (Å²) < 4.78 is 59.5. The Hall–Kier alpha value is -4.29. The Morgan fingerprint density at radius 2 is 1.84 bits per heavy atom. The number of nitrogens with zero attached hydrogens (tertiary/aromatic N) is 5. The molecule has 8 nitrogen and oxygen atoms in total. The van der Waals surface area contributed by atoms with Crippen molar-refractivity contribution in [3.8, 4) is 11.4 Å². The molecular weight excluding hydrogens is 611 g/mol. The number of hydrogen-bond donors (Lipinski definition) is 1. The number of halogens is 6. The number of benzene rings is 2. The van der Waals surface area contributed by atoms with Crippen molar-refractivity contribution in [1.82, 2.24) is 24.5 Å². The molecule has 2 aromatic carbocycles. The second-order valence-corrected chi connectivity index (χ2v) is 10.2. The molecule has 6 rings (SSSR count). The number of alkyl halides is 3. The number of amides is 1. The van der Waals surface area contributed by atoms with Gasteiger partial charge in [-0.1, -0.05) is 24.6 Å². The summed E-state index contributed by atoms with van der Waals surface area (Å²) in [6.45, 7) is 2.90. The molecule has 0 radical (unpaired) electrons. The van der Waals surface area contributed by atoms with Crippen LogP contribution < -0.4 is 15.0 Å². The van der Waals surface area contributed by atoms with Gasteiger partial charge in [-0.3, -0.25) is 9.20 Å². The van der Waals surface area contributed by atoms with Gasteiger partial charge in [-0.05, 0) is 60.5 Å². The highest BCUT2D eigenvalue weighted by molar-refractivity contribution is 6.30. The minimum absolute atomic E-state index is 0. The number of aryl methyl sites for hydroxylation is 1. The Kier molecular flexibility index (Phi) is 8.26. The lowest BCUT2D eigenvalue weighted by Crippen LogP contribution is -2.25. The second kappa shape index (κ2) is 11.8. The van der Waals surface area contributed by atoms with Crippen molar-refractivity contribution in [2.24, 2.45) is 0 Å². The van der Waals surface area contributed by atoms with E-state index in [0.29, 0.717) is 52.8 Å². The van der Waals surface area contributed by atoms with E-state index in [9.17, 15) is 18.0 Å². The highest BCUT2D eigenvalue weighted by atomic mass is 35.5. The molecule has 224 valence electrons. The van der Waals surface area contributed by atoms with E-state index in [-0.39, 0.29) is 36.3 Å². The van der Waals surface area contributed by atoms with Gasteiger partial charge in [-0.25, -0.2) is 14.1 Å². The van der Waals surface area contributed by atoms with E-state index >= 15 is 4.39 Å². The molecule has 3 aromatic heterocycles. The van der Waals surface area contributed by atoms with Crippen LogP contribution in [0.15, 0.2) is 67.0 Å². The molecule has 1 N–H and O–H groups in total. The first-order valence-corrected chi connectivity index (χ1v) is 13.4. The van der Waals surface area contributed by atoms with Crippen molar-refractivity contribution in [2.45, 2.75) is 39.3 Å². The fraction of sp³-hybridized carbons (Fsp3) is 0.207. The van der Waals surface area contributed by atoms with Gasteiger partial charge in [0.15, 0.2) is 0 Å². The average Bonchev–Trinajstić information content (AvgIpc) is 3.62. The van der Waals surface area contributed by atoms with Gasteiger partial charge >= 0.3 is 6.36 Å². The summed E-state index contributed by atoms with van der Waals surface area (Å²) >= 11 is 6.12. The molecule has 0 spiro atoms. The van der Waals surface area contributed by atoms with Gasteiger partial charge in [-0.2, -0.15) is 5.10 Å². The zero-order valence-electron chi connectivity index (χ0n) is 22.5. The summed E-state index contributed by atoms with van der Waals surface area (Å²) in [5, 5.41) is 7.84. The number of carbonyl (C=O) groups is 1. The van der Waals surface area contributed by atoms with Crippen molar-refractivity contribution < 1.29 is 27.1 Å². The van der Waals surface area contributed by atoms with Crippen molar-refractivity contribution in [3.05, 3.63) is 106 Å². The zero-order valence-corrected chi connectivity index (χ0v) is 24.1. The van der Waals surface area contributed by atoms with Crippen LogP contribution in [-0.2, 0) is 26.1 Å². The Morgan fingerprint density at radius 1 is 1.07 bits per heavy atom. The number of pyridine rings is 1. The topological polar surface area (TPSA) is 76.7 Å². The molecule has 0 bridgehead atoms. The minimum atomic E-state index is -4.75. The Labute approximate surface area is 254 Å². The van der Waals surface area contributed by atoms with Crippen LogP contribution in [0.2, 0.25) is 5.02 Å². The van der Waals surface area contributed by atoms with Crippen molar-refractivity contribution in [3.63, 3.8) is 0 Å². The summed E-state index contributed by atoms with van der Waals surface area (Å²) in [6, 6.07) is 13.7. The molecule has 1 amide bonds. The summed E-state index contributed by atoms with van der Waals surface area (Å²) in [4.78, 5) is 19.5. The number of carbonyl (C=O) groups excluding carboxylic acids is 1. The number of hydrogen-bond acceptors (Lipinski definition) is 5. The van der Waals surface area contributed by atoms with Gasteiger partial charge < -0.3 is 15.0 Å². The van der Waals surface area contributed by atoms with Gasteiger partial charge in [0.2, 0.25) is 0 Å². The smallest absolute Gasteiger partial charge is 0.406 e. The van der Waals surface area contributed by atoms with Gasteiger partial charge in [-0.15, -0.1) is 25.6 Å². The lowest BCUT2D eigenvalue weighted by molar-refractivity contribution is -0.274. The third-order valence-electron chi connectivity index (χ3n) is 6.93. The van der Waals surface area contributed by atoms with Crippen LogP contribution >= 0.6 is 24.0 Å². The molecule has 0 atom stereocenters. The van der Waals surface area contributed by atoms with Crippen molar-refractivity contribution in [1.29, 1.82) is 0 Å². The van der Waals surface area contributed by atoms with Crippen LogP contribution in [-0.4, -0.2) is 31.4 Å². The van der Waals surface area contributed by atoms with Crippen LogP contribution in [0.3, 0.4) is 0 Å². The lowest BCUT2D eigenvalue weighted by atomic mass is 10.2. The maximum Gasteiger partial charge on any atom is 0.573 e. The normalized spacial score (nSPS) is 12.7. The predicted molar refractivity (Wildman–Crippen MR) is 155 cm³/mol. The number of nitrogens with one attached hydrogen (secondary N) is 1. The highest BCUT2D eigenvalue weighted by Crippen LogP contribution is 2.31. The van der Waals surface area contributed by atoms with E-state index in [0.717, 1.165) is 11.3 Å². The van der Waals surface area contributed by atoms with Crippen molar-refractivity contribution >= 4 is 41.2 Å². The van der Waals surface area contributed by atoms with E-state index in [4.69, 9.17) is 11.6 Å². The number of aromatic nitrogens is 4. The first-order chi connectivity index (χ1) is 20.1. The Bertz CT molecular complexity index is 1780. The van der Waals surface area contributed by atoms with Crippen LogP contribution in [0.25, 0.3) is 11.3 Å². The van der Waals surface area contributed by atoms with E-state index in [1.54, 1.807) is 53.2 Å². The third kappa shape index (κ3) is 6.25. The minimum Gasteiger partial charge on any atom is -0.406 e. The van der Waals surface area contributed by atoms with E-state index in [2.05, 4.69) is 20.1 Å². The zero-order chi connectivity index (χ0) is 29.6. The van der Waals surface area contributed by atoms with Gasteiger partial charge in [0.25, 0.3) is 5.91 Å². The maximum atomic E-state index is 15.2. The highest BCUT2D eigenvalue weighted by Gasteiger charge is 2.31. The fourth-order valence-electron chi connectivity index (χ4n) is 4.98. The predicted octanol–water partition coefficient (Wildman–Crippen LogP) is 6.65. The van der Waals surface area contributed by atoms with E-state index < -0.39 is 12.2 Å². The number of anilines is 1. The maximum absolute atomic E-state index is 15.2. The molecule has 14 heteroatoms. The monoisotopic (exact) mass is 634 g/mol. The number of imidazole rings is 1. The first kappa shape index (κ1) is 30.2. The summed E-state index contributed by atoms with van der Waals surface area (Å²) in [5.74, 6) is -1.14. The van der Waals surface area contributed by atoms with Crippen LogP contribution in [0.5, 0.6) is 5.75 Å². The largest absolute Gasteiger partial charge is 0.573 e. The van der Waals surface area contributed by atoms with Crippen LogP contribution in [0, 0.1) is 5.82 Å². The van der Waals surface area contributed by atoms with Gasteiger partial charge in [0.05, 0.1) is 23.0 Å². The van der Waals surface area contributed by atoms with Crippen molar-refractivity contribution in [2.75, 3.05) is 4.90 Å². The fourth-order valence-corrected chi connectivity index (χ4v) is 5.14. The molecule has 1 aliphatic rings. The quantitative estimate of drug-likeness (QED) is 0.203. The number of fused-ring (bicyclic) bond motifs is 2. The SMILES string of the molecule is CCc1nc2ccc(Cl)cn2c1C(=O)NCc1ccc(-n2cc3c(n2)CN(c2ccc(OC(F)(F)F)cc2)C3)c(F)c1.Cl. The molecular formula is C29H24Cl2F4N6O2. The Balaban J connectivity index is 0.00000368. The molecule has 0 fully saturated rings. The van der Waals surface area contributed by atoms with Crippen LogP contribution in [0.1, 0.15) is 39.9 Å². The lowest BCUT2D eigenvalue weighted by Gasteiger charge is -2.18. The number of ether oxygens (including phenoxy) is 1. The van der Waals surface area contributed by atoms with Crippen LogP contribution in [0.4, 0.5) is 23.2 Å². The number of rotatable bonds is 7. The van der Waals surface area contributed by atoms with Gasteiger partial charge in [0.1, 0.15) is 28.6 Å². The summed E-state index contributed by atoms with van der Waals surface area (Å²) in [5.41, 5.74) is 4.78. The molecule has 5 aromatic rings. The second-order valence-electron chi connectivity index (χ2n) is 9.75.